The van der Waals surface area contributed by atoms with Gasteiger partial charge in [-0.15, -0.1) is 0 Å². The normalized spacial score (nSPS) is 38.6. The van der Waals surface area contributed by atoms with Crippen LogP contribution in [0.1, 0.15) is 42.4 Å². The van der Waals surface area contributed by atoms with Gasteiger partial charge < -0.3 is 9.84 Å². The Morgan fingerprint density at radius 3 is 2.53 bits per heavy atom. The number of ether oxygens (including phenoxy) is 1. The summed E-state index contributed by atoms with van der Waals surface area (Å²) in [4.78, 5) is 0. The second-order valence-corrected chi connectivity index (χ2v) is 5.80. The molecule has 2 unspecified atom stereocenters. The quantitative estimate of drug-likeness (QED) is 0.803. The average Bonchev–Trinajstić information content (AvgIpc) is 2.77. The molecule has 0 radical (unpaired) electrons. The van der Waals surface area contributed by atoms with Crippen LogP contribution in [-0.4, -0.2) is 5.11 Å². The Balaban J connectivity index is 1.71. The van der Waals surface area contributed by atoms with Crippen molar-refractivity contribution in [1.29, 1.82) is 0 Å². The van der Waals surface area contributed by atoms with Gasteiger partial charge in [0.1, 0.15) is 0 Å². The summed E-state index contributed by atoms with van der Waals surface area (Å²) < 4.78 is 5.44. The van der Waals surface area contributed by atoms with Crippen molar-refractivity contribution in [3.8, 4) is 0 Å². The van der Waals surface area contributed by atoms with Gasteiger partial charge in [0, 0.05) is 0 Å². The van der Waals surface area contributed by atoms with Crippen LogP contribution in [0.25, 0.3) is 0 Å². The fourth-order valence-electron chi connectivity index (χ4n) is 3.94. The number of rotatable bonds is 1. The summed E-state index contributed by atoms with van der Waals surface area (Å²) >= 11 is 0. The summed E-state index contributed by atoms with van der Waals surface area (Å²) in [7, 11) is 0. The van der Waals surface area contributed by atoms with Crippen LogP contribution in [0, 0.1) is 11.8 Å². The highest BCUT2D eigenvalue weighted by Crippen LogP contribution is 2.64. The van der Waals surface area contributed by atoms with E-state index in [9.17, 15) is 5.11 Å². The lowest BCUT2D eigenvalue weighted by atomic mass is 9.99. The molecule has 0 amide bonds. The number of fused-ring (bicyclic) bond motifs is 2. The van der Waals surface area contributed by atoms with E-state index in [1.54, 1.807) is 0 Å². The summed E-state index contributed by atoms with van der Waals surface area (Å²) in [6.45, 7) is 1.45. The minimum atomic E-state index is -0.506. The van der Waals surface area contributed by atoms with Crippen LogP contribution in [0.15, 0.2) is 18.2 Å². The summed E-state index contributed by atoms with van der Waals surface area (Å²) in [5.74, 6) is 1.05. The molecule has 2 nitrogen and oxygen atoms in total. The van der Waals surface area contributed by atoms with Crippen LogP contribution >= 0.6 is 0 Å². The Morgan fingerprint density at radius 1 is 1.06 bits per heavy atom. The third kappa shape index (κ3) is 1.28. The van der Waals surface area contributed by atoms with E-state index < -0.39 is 5.60 Å². The molecular formula is C15H18O2. The standard InChI is InChI=1S/C15H18O2/c16-15(13-3-1-2-4-14(13)15)12-6-5-10-8-17-9-11(10)7-12/h5-7,13-14,16H,1-4,8-9H2. The Bertz CT molecular complexity index is 454. The van der Waals surface area contributed by atoms with Crippen molar-refractivity contribution in [1.82, 2.24) is 0 Å². The van der Waals surface area contributed by atoms with Gasteiger partial charge in [-0.25, -0.2) is 0 Å². The predicted molar refractivity (Wildman–Crippen MR) is 64.3 cm³/mol. The van der Waals surface area contributed by atoms with Crippen molar-refractivity contribution >= 4 is 0 Å². The van der Waals surface area contributed by atoms with Crippen molar-refractivity contribution in [3.63, 3.8) is 0 Å². The minimum Gasteiger partial charge on any atom is -0.385 e. The number of aliphatic hydroxyl groups is 1. The predicted octanol–water partition coefficient (Wildman–Crippen LogP) is 2.72. The molecule has 2 fully saturated rings. The van der Waals surface area contributed by atoms with Crippen LogP contribution in [0.3, 0.4) is 0 Å². The van der Waals surface area contributed by atoms with E-state index in [0.717, 1.165) is 12.2 Å². The zero-order chi connectivity index (χ0) is 11.5. The van der Waals surface area contributed by atoms with E-state index in [1.165, 1.54) is 36.8 Å². The Hall–Kier alpha value is -0.860. The highest BCUT2D eigenvalue weighted by molar-refractivity contribution is 5.40. The van der Waals surface area contributed by atoms with Gasteiger partial charge in [-0.2, -0.15) is 0 Å². The van der Waals surface area contributed by atoms with Crippen molar-refractivity contribution in [3.05, 3.63) is 34.9 Å². The number of hydrogen-bond acceptors (Lipinski definition) is 2. The third-order valence-electron chi connectivity index (χ3n) is 4.97. The molecule has 2 saturated carbocycles. The topological polar surface area (TPSA) is 29.5 Å². The lowest BCUT2D eigenvalue weighted by Gasteiger charge is -2.12. The van der Waals surface area contributed by atoms with E-state index >= 15 is 0 Å². The number of hydrogen-bond donors (Lipinski definition) is 1. The molecule has 0 aromatic heterocycles. The second kappa shape index (κ2) is 3.33. The van der Waals surface area contributed by atoms with Gasteiger partial charge in [0.25, 0.3) is 0 Å². The first-order chi connectivity index (χ1) is 8.30. The first-order valence-corrected chi connectivity index (χ1v) is 6.72. The Morgan fingerprint density at radius 2 is 1.76 bits per heavy atom. The van der Waals surface area contributed by atoms with Crippen molar-refractivity contribution < 1.29 is 9.84 Å². The fraction of sp³-hybridized carbons (Fsp3) is 0.600. The summed E-state index contributed by atoms with van der Waals surface area (Å²) in [5, 5.41) is 10.9. The molecule has 2 heteroatoms. The second-order valence-electron chi connectivity index (χ2n) is 5.80. The van der Waals surface area contributed by atoms with Crippen LogP contribution in [0.2, 0.25) is 0 Å². The molecule has 2 atom stereocenters. The van der Waals surface area contributed by atoms with Crippen LogP contribution < -0.4 is 0 Å². The van der Waals surface area contributed by atoms with Crippen molar-refractivity contribution in [2.24, 2.45) is 11.8 Å². The van der Waals surface area contributed by atoms with Gasteiger partial charge in [0.15, 0.2) is 0 Å². The van der Waals surface area contributed by atoms with E-state index in [1.807, 2.05) is 0 Å². The molecule has 4 rings (SSSR count). The highest BCUT2D eigenvalue weighted by atomic mass is 16.5. The molecule has 1 aromatic carbocycles. The molecule has 2 aliphatic carbocycles. The maximum Gasteiger partial charge on any atom is 0.0960 e. The van der Waals surface area contributed by atoms with Gasteiger partial charge in [-0.05, 0) is 41.4 Å². The molecule has 1 aliphatic heterocycles. The summed E-state index contributed by atoms with van der Waals surface area (Å²) in [5.41, 5.74) is 3.20. The van der Waals surface area contributed by atoms with Gasteiger partial charge in [0.2, 0.25) is 0 Å². The van der Waals surface area contributed by atoms with Gasteiger partial charge in [-0.1, -0.05) is 31.0 Å². The lowest BCUT2D eigenvalue weighted by molar-refractivity contribution is 0.117. The monoisotopic (exact) mass is 230 g/mol. The summed E-state index contributed by atoms with van der Waals surface area (Å²) in [6.07, 6.45) is 4.98. The summed E-state index contributed by atoms with van der Waals surface area (Å²) in [6, 6.07) is 6.44. The van der Waals surface area contributed by atoms with E-state index in [4.69, 9.17) is 4.74 Å². The Labute approximate surface area is 102 Å². The van der Waals surface area contributed by atoms with Crippen LogP contribution in [0.5, 0.6) is 0 Å². The first-order valence-electron chi connectivity index (χ1n) is 6.72. The molecule has 90 valence electrons. The highest BCUT2D eigenvalue weighted by Gasteiger charge is 2.64. The molecule has 1 heterocycles. The molecule has 3 aliphatic rings. The molecule has 1 N–H and O–H groups in total. The SMILES string of the molecule is OC1(c2ccc3c(c2)COC3)C2CCCCC21. The van der Waals surface area contributed by atoms with Crippen molar-refractivity contribution in [2.45, 2.75) is 44.5 Å². The van der Waals surface area contributed by atoms with Crippen LogP contribution in [-0.2, 0) is 23.6 Å². The van der Waals surface area contributed by atoms with Crippen LogP contribution in [0.4, 0.5) is 0 Å². The van der Waals surface area contributed by atoms with E-state index in [0.29, 0.717) is 18.4 Å². The van der Waals surface area contributed by atoms with Gasteiger partial charge in [0.05, 0.1) is 18.8 Å². The first kappa shape index (κ1) is 10.1. The number of benzene rings is 1. The maximum atomic E-state index is 10.9. The molecule has 0 saturated heterocycles. The minimum absolute atomic E-state index is 0.506. The fourth-order valence-corrected chi connectivity index (χ4v) is 3.94. The Kier molecular flexibility index (Phi) is 1.98. The molecule has 0 spiro atoms. The lowest BCUT2D eigenvalue weighted by Crippen LogP contribution is -2.10. The maximum absolute atomic E-state index is 10.9. The van der Waals surface area contributed by atoms with Gasteiger partial charge in [-0.3, -0.25) is 0 Å². The third-order valence-corrected chi connectivity index (χ3v) is 4.97. The zero-order valence-corrected chi connectivity index (χ0v) is 9.98. The molecule has 17 heavy (non-hydrogen) atoms. The van der Waals surface area contributed by atoms with Gasteiger partial charge >= 0.3 is 0 Å². The molecule has 0 bridgehead atoms. The average molecular weight is 230 g/mol. The molecular weight excluding hydrogens is 212 g/mol. The molecule has 1 aromatic rings. The van der Waals surface area contributed by atoms with E-state index in [2.05, 4.69) is 18.2 Å². The zero-order valence-electron chi connectivity index (χ0n) is 9.98. The van der Waals surface area contributed by atoms with Crippen molar-refractivity contribution in [2.75, 3.05) is 0 Å². The smallest absolute Gasteiger partial charge is 0.0960 e. The van der Waals surface area contributed by atoms with E-state index in [-0.39, 0.29) is 0 Å². The largest absolute Gasteiger partial charge is 0.385 e.